The minimum absolute atomic E-state index is 0.0500. The number of aromatic nitrogens is 1. The Balaban J connectivity index is 1.75. The molecule has 3 rings (SSSR count). The minimum atomic E-state index is 0.0500. The standard InChI is InChI=1S/C15H18N2OS/c1-10-4-2-3-5-12(10)17-15(18)11-6-7-13-14(8-11)19-9-16-13/h6-10,12H,2-5H2,1H3,(H,17,18)/t10-,12-/m1/s1. The number of carbonyl (C=O) groups excluding carboxylic acids is 1. The van der Waals surface area contributed by atoms with Gasteiger partial charge in [-0.05, 0) is 37.0 Å². The van der Waals surface area contributed by atoms with Gasteiger partial charge in [0.15, 0.2) is 0 Å². The molecule has 0 spiro atoms. The molecule has 3 nitrogen and oxygen atoms in total. The van der Waals surface area contributed by atoms with Crippen LogP contribution in [0.15, 0.2) is 23.7 Å². The van der Waals surface area contributed by atoms with Crippen LogP contribution in [0.2, 0.25) is 0 Å². The number of rotatable bonds is 2. The van der Waals surface area contributed by atoms with E-state index in [4.69, 9.17) is 0 Å². The van der Waals surface area contributed by atoms with E-state index in [0.717, 1.165) is 22.2 Å². The van der Waals surface area contributed by atoms with Gasteiger partial charge in [-0.2, -0.15) is 0 Å². The number of nitrogens with one attached hydrogen (secondary N) is 1. The first-order valence-electron chi connectivity index (χ1n) is 6.88. The van der Waals surface area contributed by atoms with Gasteiger partial charge in [0.1, 0.15) is 0 Å². The minimum Gasteiger partial charge on any atom is -0.349 e. The molecule has 19 heavy (non-hydrogen) atoms. The Morgan fingerprint density at radius 2 is 2.21 bits per heavy atom. The third-order valence-corrected chi connectivity index (χ3v) is 4.81. The number of hydrogen-bond donors (Lipinski definition) is 1. The smallest absolute Gasteiger partial charge is 0.251 e. The molecule has 1 aliphatic rings. The predicted molar refractivity (Wildman–Crippen MR) is 78.5 cm³/mol. The van der Waals surface area contributed by atoms with Crippen LogP contribution in [0.1, 0.15) is 43.0 Å². The fourth-order valence-corrected chi connectivity index (χ4v) is 3.50. The average Bonchev–Trinajstić information content (AvgIpc) is 2.88. The number of hydrogen-bond acceptors (Lipinski definition) is 3. The summed E-state index contributed by atoms with van der Waals surface area (Å²) >= 11 is 1.57. The second-order valence-corrected chi connectivity index (χ2v) is 6.26. The molecule has 1 N–H and O–H groups in total. The van der Waals surface area contributed by atoms with Gasteiger partial charge in [-0.15, -0.1) is 11.3 Å². The van der Waals surface area contributed by atoms with Crippen molar-refractivity contribution in [2.24, 2.45) is 5.92 Å². The lowest BCUT2D eigenvalue weighted by Gasteiger charge is -2.29. The van der Waals surface area contributed by atoms with E-state index < -0.39 is 0 Å². The molecule has 0 aliphatic heterocycles. The molecule has 0 unspecified atom stereocenters. The molecule has 0 radical (unpaired) electrons. The summed E-state index contributed by atoms with van der Waals surface area (Å²) in [4.78, 5) is 16.5. The molecule has 1 aromatic carbocycles. The van der Waals surface area contributed by atoms with Crippen LogP contribution in [0.25, 0.3) is 10.2 Å². The first kappa shape index (κ1) is 12.6. The maximum absolute atomic E-state index is 12.3. The maximum Gasteiger partial charge on any atom is 0.251 e. The zero-order valence-electron chi connectivity index (χ0n) is 11.1. The summed E-state index contributed by atoms with van der Waals surface area (Å²) in [5.41, 5.74) is 3.53. The van der Waals surface area contributed by atoms with E-state index in [1.165, 1.54) is 19.3 Å². The fourth-order valence-electron chi connectivity index (χ4n) is 2.78. The van der Waals surface area contributed by atoms with E-state index in [1.54, 1.807) is 11.3 Å². The van der Waals surface area contributed by atoms with Gasteiger partial charge in [0.2, 0.25) is 0 Å². The van der Waals surface area contributed by atoms with Gasteiger partial charge in [0.05, 0.1) is 15.7 Å². The molecule has 2 atom stereocenters. The van der Waals surface area contributed by atoms with Crippen LogP contribution in [0, 0.1) is 5.92 Å². The number of amides is 1. The second-order valence-electron chi connectivity index (χ2n) is 5.38. The molecular weight excluding hydrogens is 256 g/mol. The van der Waals surface area contributed by atoms with Gasteiger partial charge in [-0.3, -0.25) is 4.79 Å². The predicted octanol–water partition coefficient (Wildman–Crippen LogP) is 3.60. The Morgan fingerprint density at radius 1 is 1.37 bits per heavy atom. The Hall–Kier alpha value is -1.42. The highest BCUT2D eigenvalue weighted by Gasteiger charge is 2.23. The number of benzene rings is 1. The summed E-state index contributed by atoms with van der Waals surface area (Å²) in [6.45, 7) is 2.23. The summed E-state index contributed by atoms with van der Waals surface area (Å²) in [7, 11) is 0. The lowest BCUT2D eigenvalue weighted by molar-refractivity contribution is 0.0910. The Labute approximate surface area is 117 Å². The topological polar surface area (TPSA) is 42.0 Å². The van der Waals surface area contributed by atoms with Gasteiger partial charge in [-0.25, -0.2) is 4.98 Å². The lowest BCUT2D eigenvalue weighted by atomic mass is 9.86. The van der Waals surface area contributed by atoms with Crippen LogP contribution in [-0.4, -0.2) is 16.9 Å². The van der Waals surface area contributed by atoms with E-state index in [0.29, 0.717) is 12.0 Å². The highest BCUT2D eigenvalue weighted by atomic mass is 32.1. The Morgan fingerprint density at radius 3 is 3.05 bits per heavy atom. The third kappa shape index (κ3) is 2.63. The SMILES string of the molecule is C[C@@H]1CCCC[C@H]1NC(=O)c1ccc2ncsc2c1. The summed E-state index contributed by atoms with van der Waals surface area (Å²) in [5.74, 6) is 0.638. The molecule has 1 heterocycles. The Bertz CT molecular complexity index is 593. The molecule has 1 aliphatic carbocycles. The van der Waals surface area contributed by atoms with Crippen molar-refractivity contribution in [1.82, 2.24) is 10.3 Å². The van der Waals surface area contributed by atoms with Crippen LogP contribution in [0.5, 0.6) is 0 Å². The third-order valence-electron chi connectivity index (χ3n) is 4.02. The van der Waals surface area contributed by atoms with Crippen molar-refractivity contribution >= 4 is 27.5 Å². The van der Waals surface area contributed by atoms with Crippen LogP contribution < -0.4 is 5.32 Å². The Kier molecular flexibility index (Phi) is 3.51. The fraction of sp³-hybridized carbons (Fsp3) is 0.467. The van der Waals surface area contributed by atoms with Crippen molar-refractivity contribution in [2.75, 3.05) is 0 Å². The van der Waals surface area contributed by atoms with Crippen LogP contribution in [0.4, 0.5) is 0 Å². The summed E-state index contributed by atoms with van der Waals surface area (Å²) in [5, 5.41) is 3.19. The molecule has 1 amide bonds. The summed E-state index contributed by atoms with van der Waals surface area (Å²) in [6.07, 6.45) is 4.85. The quantitative estimate of drug-likeness (QED) is 0.909. The van der Waals surface area contributed by atoms with Crippen molar-refractivity contribution in [3.8, 4) is 0 Å². The van der Waals surface area contributed by atoms with Gasteiger partial charge >= 0.3 is 0 Å². The molecule has 100 valence electrons. The van der Waals surface area contributed by atoms with Crippen LogP contribution in [-0.2, 0) is 0 Å². The van der Waals surface area contributed by atoms with Crippen molar-refractivity contribution < 1.29 is 4.79 Å². The molecule has 0 saturated heterocycles. The summed E-state index contributed by atoms with van der Waals surface area (Å²) in [6, 6.07) is 6.06. The van der Waals surface area contributed by atoms with Crippen LogP contribution >= 0.6 is 11.3 Å². The van der Waals surface area contributed by atoms with E-state index in [9.17, 15) is 4.79 Å². The first-order chi connectivity index (χ1) is 9.24. The largest absolute Gasteiger partial charge is 0.349 e. The van der Waals surface area contributed by atoms with Gasteiger partial charge in [0, 0.05) is 11.6 Å². The molecule has 2 aromatic rings. The van der Waals surface area contributed by atoms with Crippen molar-refractivity contribution in [3.05, 3.63) is 29.3 Å². The van der Waals surface area contributed by atoms with Gasteiger partial charge < -0.3 is 5.32 Å². The average molecular weight is 274 g/mol. The molecule has 1 fully saturated rings. The van der Waals surface area contributed by atoms with Gasteiger partial charge in [0.25, 0.3) is 5.91 Å². The van der Waals surface area contributed by atoms with E-state index in [1.807, 2.05) is 23.7 Å². The normalized spacial score (nSPS) is 23.4. The number of fused-ring (bicyclic) bond motifs is 1. The molecule has 1 aromatic heterocycles. The maximum atomic E-state index is 12.3. The van der Waals surface area contributed by atoms with E-state index in [-0.39, 0.29) is 5.91 Å². The highest BCUT2D eigenvalue weighted by molar-refractivity contribution is 7.16. The first-order valence-corrected chi connectivity index (χ1v) is 7.76. The van der Waals surface area contributed by atoms with E-state index >= 15 is 0 Å². The zero-order chi connectivity index (χ0) is 13.2. The monoisotopic (exact) mass is 274 g/mol. The molecular formula is C15H18N2OS. The van der Waals surface area contributed by atoms with Crippen molar-refractivity contribution in [2.45, 2.75) is 38.6 Å². The lowest BCUT2D eigenvalue weighted by Crippen LogP contribution is -2.41. The van der Waals surface area contributed by atoms with Crippen LogP contribution in [0.3, 0.4) is 0 Å². The molecule has 4 heteroatoms. The summed E-state index contributed by atoms with van der Waals surface area (Å²) < 4.78 is 1.07. The van der Waals surface area contributed by atoms with Gasteiger partial charge in [-0.1, -0.05) is 19.8 Å². The van der Waals surface area contributed by atoms with E-state index in [2.05, 4.69) is 17.2 Å². The molecule has 0 bridgehead atoms. The number of thiazole rings is 1. The number of nitrogens with zero attached hydrogens (tertiary/aromatic N) is 1. The molecule has 1 saturated carbocycles. The second kappa shape index (κ2) is 5.29. The zero-order valence-corrected chi connectivity index (χ0v) is 11.9. The highest BCUT2D eigenvalue weighted by Crippen LogP contribution is 2.24. The number of carbonyl (C=O) groups is 1. The van der Waals surface area contributed by atoms with Crippen molar-refractivity contribution in [1.29, 1.82) is 0 Å². The van der Waals surface area contributed by atoms with Crippen molar-refractivity contribution in [3.63, 3.8) is 0 Å².